The summed E-state index contributed by atoms with van der Waals surface area (Å²) in [7, 11) is 1.82. The quantitative estimate of drug-likeness (QED) is 0.604. The van der Waals surface area contributed by atoms with Crippen molar-refractivity contribution < 1.29 is 13.9 Å². The van der Waals surface area contributed by atoms with Crippen molar-refractivity contribution >= 4 is 23.4 Å². The predicted octanol–water partition coefficient (Wildman–Crippen LogP) is 4.13. The average molecular weight is 400 g/mol. The van der Waals surface area contributed by atoms with Gasteiger partial charge in [-0.3, -0.25) is 4.79 Å². The smallest absolute Gasteiger partial charge is 0.234 e. The van der Waals surface area contributed by atoms with E-state index in [1.165, 1.54) is 23.9 Å². The van der Waals surface area contributed by atoms with Crippen molar-refractivity contribution in [1.82, 2.24) is 14.8 Å². The van der Waals surface area contributed by atoms with E-state index in [1.807, 2.05) is 45.2 Å². The number of rotatable bonds is 7. The van der Waals surface area contributed by atoms with E-state index in [2.05, 4.69) is 15.5 Å². The summed E-state index contributed by atoms with van der Waals surface area (Å²) >= 11 is 1.30. The number of aryl methyl sites for hydroxylation is 1. The number of carbonyl (C=O) groups excluding carboxylic acids is 1. The zero-order chi connectivity index (χ0) is 20.1. The number of ether oxygens (including phenoxy) is 1. The van der Waals surface area contributed by atoms with Crippen LogP contribution in [0.4, 0.5) is 10.1 Å². The second-order valence-electron chi connectivity index (χ2n) is 6.27. The molecule has 3 aromatic rings. The molecule has 1 amide bonds. The van der Waals surface area contributed by atoms with Crippen LogP contribution in [0.1, 0.15) is 24.4 Å². The maximum Gasteiger partial charge on any atom is 0.234 e. The van der Waals surface area contributed by atoms with Crippen molar-refractivity contribution in [3.8, 4) is 5.75 Å². The van der Waals surface area contributed by atoms with Crippen LogP contribution in [0.25, 0.3) is 0 Å². The summed E-state index contributed by atoms with van der Waals surface area (Å²) in [5.74, 6) is 0.948. The van der Waals surface area contributed by atoms with E-state index in [1.54, 1.807) is 16.7 Å². The molecule has 6 nitrogen and oxygen atoms in total. The number of nitrogens with one attached hydrogen (secondary N) is 1. The highest BCUT2D eigenvalue weighted by molar-refractivity contribution is 7.99. The molecule has 0 fully saturated rings. The molecule has 0 saturated carbocycles. The summed E-state index contributed by atoms with van der Waals surface area (Å²) in [4.78, 5) is 12.2. The third kappa shape index (κ3) is 4.89. The van der Waals surface area contributed by atoms with Gasteiger partial charge in [0.15, 0.2) is 17.1 Å². The van der Waals surface area contributed by atoms with Crippen molar-refractivity contribution in [2.75, 3.05) is 11.1 Å². The fourth-order valence-electron chi connectivity index (χ4n) is 2.61. The van der Waals surface area contributed by atoms with Crippen LogP contribution in [0.5, 0.6) is 5.75 Å². The first-order valence-electron chi connectivity index (χ1n) is 8.74. The van der Waals surface area contributed by atoms with Gasteiger partial charge in [-0.2, -0.15) is 0 Å². The van der Waals surface area contributed by atoms with Crippen molar-refractivity contribution in [2.24, 2.45) is 7.05 Å². The number of hydrogen-bond acceptors (Lipinski definition) is 5. The number of halogens is 1. The van der Waals surface area contributed by atoms with Gasteiger partial charge in [-0.25, -0.2) is 4.39 Å². The number of aromatic nitrogens is 3. The van der Waals surface area contributed by atoms with Gasteiger partial charge >= 0.3 is 0 Å². The second-order valence-corrected chi connectivity index (χ2v) is 7.21. The first kappa shape index (κ1) is 19.9. The maximum atomic E-state index is 13.0. The van der Waals surface area contributed by atoms with E-state index >= 15 is 0 Å². The van der Waals surface area contributed by atoms with Gasteiger partial charge < -0.3 is 14.6 Å². The molecule has 1 unspecified atom stereocenters. The molecular formula is C20H21FN4O2S. The Labute approximate surface area is 167 Å². The van der Waals surface area contributed by atoms with Crippen LogP contribution in [0.3, 0.4) is 0 Å². The van der Waals surface area contributed by atoms with Gasteiger partial charge in [0, 0.05) is 12.7 Å². The van der Waals surface area contributed by atoms with Gasteiger partial charge in [0.25, 0.3) is 0 Å². The van der Waals surface area contributed by atoms with Gasteiger partial charge in [-0.1, -0.05) is 30.0 Å². The molecule has 1 atom stereocenters. The van der Waals surface area contributed by atoms with Crippen molar-refractivity contribution in [3.63, 3.8) is 0 Å². The molecular weight excluding hydrogens is 379 g/mol. The Balaban J connectivity index is 1.58. The molecule has 3 rings (SSSR count). The SMILES string of the molecule is Cc1ccccc1NC(=O)CSc1nnc(C(C)Oc2ccc(F)cc2)n1C. The minimum atomic E-state index is -0.377. The van der Waals surface area contributed by atoms with E-state index in [-0.39, 0.29) is 23.6 Å². The number of thioether (sulfide) groups is 1. The van der Waals surface area contributed by atoms with Gasteiger partial charge in [0.1, 0.15) is 11.6 Å². The highest BCUT2D eigenvalue weighted by Crippen LogP contribution is 2.24. The molecule has 28 heavy (non-hydrogen) atoms. The average Bonchev–Trinajstić information content (AvgIpc) is 3.04. The van der Waals surface area contributed by atoms with Crippen molar-refractivity contribution in [3.05, 3.63) is 65.7 Å². The van der Waals surface area contributed by atoms with E-state index in [9.17, 15) is 9.18 Å². The Morgan fingerprint density at radius 2 is 1.93 bits per heavy atom. The molecule has 0 saturated heterocycles. The molecule has 1 heterocycles. The van der Waals surface area contributed by atoms with Crippen molar-refractivity contribution in [1.29, 1.82) is 0 Å². The minimum Gasteiger partial charge on any atom is -0.483 e. The predicted molar refractivity (Wildman–Crippen MR) is 107 cm³/mol. The first-order valence-corrected chi connectivity index (χ1v) is 9.72. The zero-order valence-corrected chi connectivity index (χ0v) is 16.7. The number of carbonyl (C=O) groups is 1. The molecule has 0 aliphatic heterocycles. The molecule has 0 spiro atoms. The van der Waals surface area contributed by atoms with E-state index < -0.39 is 0 Å². The summed E-state index contributed by atoms with van der Waals surface area (Å²) in [6.07, 6.45) is -0.377. The molecule has 8 heteroatoms. The van der Waals surface area contributed by atoms with Gasteiger partial charge in [0.05, 0.1) is 5.75 Å². The molecule has 0 aliphatic carbocycles. The molecule has 0 radical (unpaired) electrons. The number of amides is 1. The Kier molecular flexibility index (Phi) is 6.30. The Bertz CT molecular complexity index is 959. The highest BCUT2D eigenvalue weighted by atomic mass is 32.2. The molecule has 2 aromatic carbocycles. The number of benzene rings is 2. The van der Waals surface area contributed by atoms with Crippen LogP contribution in [-0.4, -0.2) is 26.4 Å². The third-order valence-corrected chi connectivity index (χ3v) is 5.13. The van der Waals surface area contributed by atoms with Gasteiger partial charge in [0.2, 0.25) is 5.91 Å². The lowest BCUT2D eigenvalue weighted by atomic mass is 10.2. The van der Waals surface area contributed by atoms with E-state index in [0.717, 1.165) is 11.3 Å². The van der Waals surface area contributed by atoms with Crippen LogP contribution in [0.2, 0.25) is 0 Å². The summed E-state index contributed by atoms with van der Waals surface area (Å²) in [5.41, 5.74) is 1.81. The van der Waals surface area contributed by atoms with Crippen LogP contribution in [0.15, 0.2) is 53.7 Å². The lowest BCUT2D eigenvalue weighted by Gasteiger charge is -2.14. The molecule has 0 aliphatic rings. The van der Waals surface area contributed by atoms with Crippen LogP contribution >= 0.6 is 11.8 Å². The molecule has 1 aromatic heterocycles. The largest absolute Gasteiger partial charge is 0.483 e. The van der Waals surface area contributed by atoms with Crippen molar-refractivity contribution in [2.45, 2.75) is 25.1 Å². The standard InChI is InChI=1S/C20H21FN4O2S/c1-13-6-4-5-7-17(13)22-18(26)12-28-20-24-23-19(25(20)3)14(2)27-16-10-8-15(21)9-11-16/h4-11,14H,12H2,1-3H3,(H,22,26). The number of para-hydroxylation sites is 1. The molecule has 146 valence electrons. The monoisotopic (exact) mass is 400 g/mol. The fraction of sp³-hybridized carbons (Fsp3) is 0.250. The van der Waals surface area contributed by atoms with Crippen LogP contribution in [0, 0.1) is 12.7 Å². The minimum absolute atomic E-state index is 0.112. The normalized spacial score (nSPS) is 11.9. The first-order chi connectivity index (χ1) is 13.4. The van der Waals surface area contributed by atoms with Crippen LogP contribution < -0.4 is 10.1 Å². The number of hydrogen-bond donors (Lipinski definition) is 1. The summed E-state index contributed by atoms with van der Waals surface area (Å²) in [5, 5.41) is 11.8. The molecule has 1 N–H and O–H groups in total. The van der Waals surface area contributed by atoms with Gasteiger partial charge in [-0.15, -0.1) is 10.2 Å². The lowest BCUT2D eigenvalue weighted by molar-refractivity contribution is -0.113. The Morgan fingerprint density at radius 3 is 2.64 bits per heavy atom. The summed E-state index contributed by atoms with van der Waals surface area (Å²) in [6.45, 7) is 3.78. The van der Waals surface area contributed by atoms with E-state index in [4.69, 9.17) is 4.74 Å². The highest BCUT2D eigenvalue weighted by Gasteiger charge is 2.18. The fourth-order valence-corrected chi connectivity index (χ4v) is 3.32. The number of nitrogens with zero attached hydrogens (tertiary/aromatic N) is 3. The lowest BCUT2D eigenvalue weighted by Crippen LogP contribution is -2.15. The zero-order valence-electron chi connectivity index (χ0n) is 15.8. The number of anilines is 1. The second kappa shape index (κ2) is 8.88. The van der Waals surface area contributed by atoms with Gasteiger partial charge in [-0.05, 0) is 49.7 Å². The Morgan fingerprint density at radius 1 is 1.21 bits per heavy atom. The van der Waals surface area contributed by atoms with E-state index in [0.29, 0.717) is 16.7 Å². The molecule has 0 bridgehead atoms. The topological polar surface area (TPSA) is 69.0 Å². The maximum absolute atomic E-state index is 13.0. The summed E-state index contributed by atoms with van der Waals surface area (Å²) < 4.78 is 20.6. The Hall–Kier alpha value is -2.87. The summed E-state index contributed by atoms with van der Waals surface area (Å²) in [6, 6.07) is 13.4. The third-order valence-electron chi connectivity index (χ3n) is 4.11. The van der Waals surface area contributed by atoms with Crippen LogP contribution in [-0.2, 0) is 11.8 Å².